The van der Waals surface area contributed by atoms with Crippen LogP contribution in [0, 0.1) is 24.0 Å². The number of terminal acetylenes is 1. The first-order valence-corrected chi connectivity index (χ1v) is 13.4. The van der Waals surface area contributed by atoms with Gasteiger partial charge in [0.1, 0.15) is 28.6 Å². The van der Waals surface area contributed by atoms with E-state index in [9.17, 15) is 14.0 Å². The van der Waals surface area contributed by atoms with E-state index in [1.807, 2.05) is 4.90 Å². The van der Waals surface area contributed by atoms with Crippen molar-refractivity contribution in [3.8, 4) is 35.4 Å². The first-order chi connectivity index (χ1) is 20.7. The predicted molar refractivity (Wildman–Crippen MR) is 154 cm³/mol. The van der Waals surface area contributed by atoms with Gasteiger partial charge in [0.15, 0.2) is 5.82 Å². The number of carbonyl (C=O) groups excluding carboxylic acids is 1. The van der Waals surface area contributed by atoms with Crippen LogP contribution in [-0.2, 0) is 9.59 Å². The molecule has 2 bridgehead atoms. The monoisotopic (exact) mass is 585 g/mol. The van der Waals surface area contributed by atoms with Crippen molar-refractivity contribution >= 4 is 39.4 Å². The Bertz CT molecular complexity index is 1880. The molecule has 12 heteroatoms. The smallest absolute Gasteiger partial charge is 0.328 e. The van der Waals surface area contributed by atoms with E-state index in [2.05, 4.69) is 20.9 Å². The molecule has 4 aromatic rings. The predicted octanol–water partition coefficient (Wildman–Crippen LogP) is 3.94. The van der Waals surface area contributed by atoms with Crippen molar-refractivity contribution in [3.63, 3.8) is 0 Å². The number of pyridine rings is 1. The van der Waals surface area contributed by atoms with E-state index in [-0.39, 0.29) is 46.3 Å². The van der Waals surface area contributed by atoms with Gasteiger partial charge in [-0.1, -0.05) is 12.0 Å². The molecule has 1 N–H and O–H groups in total. The molecule has 2 unspecified atom stereocenters. The van der Waals surface area contributed by atoms with Gasteiger partial charge in [-0.05, 0) is 36.4 Å². The Morgan fingerprint density at radius 2 is 1.84 bits per heavy atom. The fourth-order valence-electron chi connectivity index (χ4n) is 6.07. The number of aromatic nitrogens is 3. The molecule has 10 nitrogen and oxygen atoms in total. The summed E-state index contributed by atoms with van der Waals surface area (Å²) in [6.07, 6.45) is 10.5. The molecule has 2 aromatic carbocycles. The van der Waals surface area contributed by atoms with Crippen LogP contribution < -0.4 is 14.4 Å². The third-order valence-corrected chi connectivity index (χ3v) is 7.91. The summed E-state index contributed by atoms with van der Waals surface area (Å²) in [4.78, 5) is 40.6. The normalized spacial score (nSPS) is 17.9. The van der Waals surface area contributed by atoms with Gasteiger partial charge in [0.25, 0.3) is 0 Å². The molecular weight excluding hydrogens is 560 g/mol. The molecular formula is C31H25F2N5O5. The second kappa shape index (κ2) is 10.8. The van der Waals surface area contributed by atoms with Gasteiger partial charge >= 0.3 is 12.0 Å². The molecule has 4 heterocycles. The maximum absolute atomic E-state index is 16.5. The lowest BCUT2D eigenvalue weighted by atomic mass is 9.95. The highest BCUT2D eigenvalue weighted by molar-refractivity contribution is 6.03. The number of amides is 1. The Kier molecular flexibility index (Phi) is 7.01. The van der Waals surface area contributed by atoms with Crippen LogP contribution in [0.3, 0.4) is 0 Å². The summed E-state index contributed by atoms with van der Waals surface area (Å²) in [5.74, 6) is 0.186. The van der Waals surface area contributed by atoms with Crippen molar-refractivity contribution in [2.24, 2.45) is 0 Å². The first kappa shape index (κ1) is 27.8. The van der Waals surface area contributed by atoms with Crippen LogP contribution in [0.1, 0.15) is 18.4 Å². The number of ether oxygens (including phenoxy) is 2. The summed E-state index contributed by atoms with van der Waals surface area (Å²) in [7, 11) is 2.84. The highest BCUT2D eigenvalue weighted by Gasteiger charge is 2.43. The van der Waals surface area contributed by atoms with E-state index >= 15 is 4.39 Å². The zero-order valence-electron chi connectivity index (χ0n) is 23.2. The third-order valence-electron chi connectivity index (χ3n) is 7.91. The van der Waals surface area contributed by atoms with E-state index in [1.54, 1.807) is 17.0 Å². The van der Waals surface area contributed by atoms with Crippen molar-refractivity contribution in [1.29, 1.82) is 0 Å². The van der Waals surface area contributed by atoms with E-state index in [4.69, 9.17) is 21.0 Å². The Morgan fingerprint density at radius 3 is 2.49 bits per heavy atom. The lowest BCUT2D eigenvalue weighted by molar-refractivity contribution is -0.133. The van der Waals surface area contributed by atoms with Crippen LogP contribution in [0.15, 0.2) is 42.6 Å². The molecule has 0 spiro atoms. The van der Waals surface area contributed by atoms with E-state index in [0.29, 0.717) is 40.8 Å². The van der Waals surface area contributed by atoms with Crippen molar-refractivity contribution < 1.29 is 33.0 Å². The third kappa shape index (κ3) is 4.72. The van der Waals surface area contributed by atoms with Crippen molar-refractivity contribution in [3.05, 3.63) is 59.8 Å². The van der Waals surface area contributed by atoms with Gasteiger partial charge in [-0.25, -0.2) is 13.6 Å². The largest absolute Gasteiger partial charge is 0.497 e. The first-order valence-electron chi connectivity index (χ1n) is 13.4. The number of methoxy groups -OCH3 is 2. The van der Waals surface area contributed by atoms with Crippen LogP contribution in [0.4, 0.5) is 14.6 Å². The molecule has 2 aliphatic rings. The number of halogens is 2. The maximum Gasteiger partial charge on any atom is 0.328 e. The summed E-state index contributed by atoms with van der Waals surface area (Å²) < 4.78 is 42.0. The van der Waals surface area contributed by atoms with E-state index in [0.717, 1.165) is 25.0 Å². The number of hydrogen-bond acceptors (Lipinski definition) is 8. The minimum absolute atomic E-state index is 0.0292. The summed E-state index contributed by atoms with van der Waals surface area (Å²) >= 11 is 0. The number of carbonyl (C=O) groups is 2. The summed E-state index contributed by atoms with van der Waals surface area (Å²) in [5, 5.41) is 10.1. The molecule has 218 valence electrons. The van der Waals surface area contributed by atoms with E-state index in [1.165, 1.54) is 32.5 Å². The Labute approximate surface area is 244 Å². The summed E-state index contributed by atoms with van der Waals surface area (Å²) in [6.45, 7) is 0.764. The molecule has 2 aromatic heterocycles. The quantitative estimate of drug-likeness (QED) is 0.265. The minimum Gasteiger partial charge on any atom is -0.497 e. The van der Waals surface area contributed by atoms with Gasteiger partial charge in [-0.15, -0.1) is 6.42 Å². The fourth-order valence-corrected chi connectivity index (χ4v) is 6.07. The molecule has 0 radical (unpaired) electrons. The second-order valence-electron chi connectivity index (χ2n) is 10.3. The molecule has 6 rings (SSSR count). The Morgan fingerprint density at radius 1 is 1.09 bits per heavy atom. The molecule has 2 atom stereocenters. The molecule has 43 heavy (non-hydrogen) atoms. The van der Waals surface area contributed by atoms with Crippen LogP contribution >= 0.6 is 0 Å². The number of rotatable bonds is 6. The van der Waals surface area contributed by atoms with E-state index < -0.39 is 17.6 Å². The van der Waals surface area contributed by atoms with Crippen molar-refractivity contribution in [1.82, 2.24) is 19.9 Å². The lowest BCUT2D eigenvalue weighted by Gasteiger charge is -2.41. The average Bonchev–Trinajstić information content (AvgIpc) is 3.28. The number of piperazine rings is 1. The standard InChI is InChI=1S/C31H25F2N5O5/c1-4-20-23(32)8-5-16-11-19(42-2)12-21(26(16)20)28-27(33)29-22(13-34-28)30(36-31(35-29)43-3)37-14-17-6-7-18(15-37)38(17)24(39)9-10-25(40)41/h1,5,8-13,17-18H,6-7,14-15H2,2-3H3,(H,40,41)/b10-9-. The number of aliphatic carboxylic acids is 1. The lowest BCUT2D eigenvalue weighted by Crippen LogP contribution is -2.55. The molecule has 0 saturated carbocycles. The number of hydrogen-bond donors (Lipinski definition) is 1. The Balaban J connectivity index is 1.47. The highest BCUT2D eigenvalue weighted by atomic mass is 19.1. The van der Waals surface area contributed by atoms with Gasteiger partial charge in [0.2, 0.25) is 5.91 Å². The fraction of sp³-hybridized carbons (Fsp3) is 0.258. The van der Waals surface area contributed by atoms with Crippen LogP contribution in [0.5, 0.6) is 11.8 Å². The summed E-state index contributed by atoms with van der Waals surface area (Å²) in [6, 6.07) is 5.55. The number of anilines is 1. The number of carboxylic acid groups (broad SMARTS) is 1. The highest BCUT2D eigenvalue weighted by Crippen LogP contribution is 2.40. The van der Waals surface area contributed by atoms with Crippen LogP contribution in [0.2, 0.25) is 0 Å². The topological polar surface area (TPSA) is 118 Å². The van der Waals surface area contributed by atoms with Crippen molar-refractivity contribution in [2.75, 3.05) is 32.2 Å². The SMILES string of the molecule is C#Cc1c(F)ccc2cc(OC)cc(-c3ncc4c(N5CC6CCC(C5)N6C(=O)/C=C\C(=O)O)nc(OC)nc4c3F)c12. The maximum atomic E-state index is 16.5. The van der Waals surface area contributed by atoms with Crippen LogP contribution in [0.25, 0.3) is 32.9 Å². The van der Waals surface area contributed by atoms with Gasteiger partial charge in [0.05, 0.1) is 25.2 Å². The van der Waals surface area contributed by atoms with Gasteiger partial charge in [-0.2, -0.15) is 9.97 Å². The average molecular weight is 586 g/mol. The molecule has 0 aliphatic carbocycles. The number of fused-ring (bicyclic) bond motifs is 4. The molecule has 2 saturated heterocycles. The summed E-state index contributed by atoms with van der Waals surface area (Å²) in [5.41, 5.74) is 0.0426. The Hall–Kier alpha value is -5.31. The number of benzene rings is 2. The zero-order valence-corrected chi connectivity index (χ0v) is 23.2. The van der Waals surface area contributed by atoms with Crippen LogP contribution in [-0.4, -0.2) is 76.2 Å². The number of carboxylic acids is 1. The zero-order chi connectivity index (χ0) is 30.4. The number of nitrogens with zero attached hydrogens (tertiary/aromatic N) is 5. The second-order valence-corrected chi connectivity index (χ2v) is 10.3. The van der Waals surface area contributed by atoms with Gasteiger partial charge < -0.3 is 24.4 Å². The molecule has 1 amide bonds. The molecule has 2 fully saturated rings. The van der Waals surface area contributed by atoms with Gasteiger partial charge in [0, 0.05) is 54.5 Å². The van der Waals surface area contributed by atoms with Crippen molar-refractivity contribution in [2.45, 2.75) is 24.9 Å². The molecule has 2 aliphatic heterocycles. The minimum atomic E-state index is -1.20. The van der Waals surface area contributed by atoms with Gasteiger partial charge in [-0.3, -0.25) is 9.78 Å².